The number of nitrogens with zero attached hydrogens (tertiary/aromatic N) is 3. The van der Waals surface area contributed by atoms with Gasteiger partial charge in [0.05, 0.1) is 6.04 Å². The van der Waals surface area contributed by atoms with Crippen molar-refractivity contribution in [1.82, 2.24) is 20.4 Å². The lowest BCUT2D eigenvalue weighted by Crippen LogP contribution is -2.36. The molecule has 1 amide bonds. The second-order valence-electron chi connectivity index (χ2n) is 7.44. The Kier molecular flexibility index (Phi) is 5.21. The van der Waals surface area contributed by atoms with Crippen molar-refractivity contribution in [3.8, 4) is 0 Å². The van der Waals surface area contributed by atoms with Crippen LogP contribution in [-0.4, -0.2) is 40.6 Å². The average molecular weight is 376 g/mol. The molecule has 1 aliphatic heterocycles. The van der Waals surface area contributed by atoms with Crippen LogP contribution < -0.4 is 5.32 Å². The van der Waals surface area contributed by atoms with Gasteiger partial charge < -0.3 is 9.84 Å². The molecule has 2 heterocycles. The molecule has 0 spiro atoms. The van der Waals surface area contributed by atoms with Crippen LogP contribution in [0.4, 0.5) is 0 Å². The number of carbonyl (C=O) groups is 1. The van der Waals surface area contributed by atoms with E-state index in [1.54, 1.807) is 0 Å². The van der Waals surface area contributed by atoms with Gasteiger partial charge in [-0.25, -0.2) is 0 Å². The van der Waals surface area contributed by atoms with Crippen LogP contribution in [0.2, 0.25) is 0 Å². The zero-order valence-electron chi connectivity index (χ0n) is 16.1. The molecule has 1 aromatic heterocycles. The molecule has 6 heteroatoms. The van der Waals surface area contributed by atoms with Gasteiger partial charge in [0.1, 0.15) is 0 Å². The molecule has 2 aromatic carbocycles. The maximum Gasteiger partial charge on any atom is 0.251 e. The van der Waals surface area contributed by atoms with Gasteiger partial charge in [0.25, 0.3) is 5.91 Å². The number of likely N-dealkylation sites (tertiary alicyclic amines) is 1. The van der Waals surface area contributed by atoms with Gasteiger partial charge in [-0.2, -0.15) is 4.98 Å². The summed E-state index contributed by atoms with van der Waals surface area (Å²) in [4.78, 5) is 19.2. The molecular formula is C22H24N4O2. The average Bonchev–Trinajstić information content (AvgIpc) is 3.29. The van der Waals surface area contributed by atoms with Crippen LogP contribution in [0.3, 0.4) is 0 Å². The number of amides is 1. The smallest absolute Gasteiger partial charge is 0.251 e. The molecule has 0 radical (unpaired) electrons. The molecule has 0 unspecified atom stereocenters. The number of hydrogen-bond acceptors (Lipinski definition) is 5. The van der Waals surface area contributed by atoms with Gasteiger partial charge in [-0.3, -0.25) is 9.69 Å². The van der Waals surface area contributed by atoms with E-state index in [2.05, 4.69) is 20.4 Å². The number of aromatic nitrogens is 2. The fourth-order valence-corrected chi connectivity index (χ4v) is 3.62. The summed E-state index contributed by atoms with van der Waals surface area (Å²) < 4.78 is 5.53. The Labute approximate surface area is 164 Å². The summed E-state index contributed by atoms with van der Waals surface area (Å²) in [5, 5.41) is 7.25. The van der Waals surface area contributed by atoms with E-state index in [1.807, 2.05) is 68.6 Å². The van der Waals surface area contributed by atoms with Crippen LogP contribution >= 0.6 is 0 Å². The van der Waals surface area contributed by atoms with Crippen LogP contribution in [0.5, 0.6) is 0 Å². The molecule has 1 aliphatic rings. The number of rotatable bonds is 5. The highest BCUT2D eigenvalue weighted by Gasteiger charge is 2.35. The van der Waals surface area contributed by atoms with Gasteiger partial charge in [-0.1, -0.05) is 53.2 Å². The number of hydrogen-bond donors (Lipinski definition) is 1. The van der Waals surface area contributed by atoms with Crippen molar-refractivity contribution >= 4 is 5.91 Å². The Morgan fingerprint density at radius 2 is 1.93 bits per heavy atom. The summed E-state index contributed by atoms with van der Waals surface area (Å²) in [5.41, 5.74) is 2.97. The second kappa shape index (κ2) is 7.94. The van der Waals surface area contributed by atoms with E-state index >= 15 is 0 Å². The summed E-state index contributed by atoms with van der Waals surface area (Å²) in [6.07, 6.45) is 1.40. The molecule has 0 bridgehead atoms. The predicted molar refractivity (Wildman–Crippen MR) is 106 cm³/mol. The molecule has 0 saturated carbocycles. The SMILES string of the molecule is Cc1ccc(C(=O)N[C@@H]2C[C@@H](c3nc(Cc4ccccc4)no3)N(C)C2)cc1. The largest absolute Gasteiger partial charge is 0.348 e. The Hall–Kier alpha value is -2.99. The van der Waals surface area contributed by atoms with Gasteiger partial charge in [0.15, 0.2) is 5.82 Å². The quantitative estimate of drug-likeness (QED) is 0.741. The first kappa shape index (κ1) is 18.4. The highest BCUT2D eigenvalue weighted by molar-refractivity contribution is 5.94. The minimum atomic E-state index is -0.0469. The van der Waals surface area contributed by atoms with Crippen LogP contribution in [0, 0.1) is 6.92 Å². The summed E-state index contributed by atoms with van der Waals surface area (Å²) >= 11 is 0. The molecule has 3 aromatic rings. The lowest BCUT2D eigenvalue weighted by molar-refractivity contribution is 0.0938. The Balaban J connectivity index is 1.39. The van der Waals surface area contributed by atoms with Gasteiger partial charge in [-0.15, -0.1) is 0 Å². The Morgan fingerprint density at radius 1 is 1.18 bits per heavy atom. The first-order chi connectivity index (χ1) is 13.6. The molecule has 28 heavy (non-hydrogen) atoms. The van der Waals surface area contributed by atoms with E-state index in [4.69, 9.17) is 4.52 Å². The van der Waals surface area contributed by atoms with Crippen LogP contribution in [0.15, 0.2) is 59.1 Å². The zero-order valence-corrected chi connectivity index (χ0v) is 16.1. The maximum atomic E-state index is 12.5. The number of carbonyl (C=O) groups excluding carboxylic acids is 1. The maximum absolute atomic E-state index is 12.5. The topological polar surface area (TPSA) is 71.3 Å². The first-order valence-corrected chi connectivity index (χ1v) is 9.52. The minimum absolute atomic E-state index is 0.0142. The third-order valence-electron chi connectivity index (χ3n) is 5.17. The van der Waals surface area contributed by atoms with Crippen molar-refractivity contribution in [2.24, 2.45) is 0 Å². The van der Waals surface area contributed by atoms with Gasteiger partial charge in [-0.05, 0) is 38.1 Å². The van der Waals surface area contributed by atoms with E-state index in [9.17, 15) is 4.79 Å². The first-order valence-electron chi connectivity index (χ1n) is 9.52. The van der Waals surface area contributed by atoms with Crippen molar-refractivity contribution in [3.05, 3.63) is 83.0 Å². The van der Waals surface area contributed by atoms with Gasteiger partial charge >= 0.3 is 0 Å². The van der Waals surface area contributed by atoms with E-state index < -0.39 is 0 Å². The standard InChI is InChI=1S/C22H24N4O2/c1-15-8-10-17(11-9-15)21(27)23-18-13-19(26(2)14-18)22-24-20(25-28-22)12-16-6-4-3-5-7-16/h3-11,18-19H,12-14H2,1-2H3,(H,23,27)/t18-,19+/m1/s1. The van der Waals surface area contributed by atoms with Crippen LogP contribution in [0.1, 0.15) is 45.7 Å². The van der Waals surface area contributed by atoms with E-state index in [0.29, 0.717) is 23.7 Å². The Morgan fingerprint density at radius 3 is 2.68 bits per heavy atom. The van der Waals surface area contributed by atoms with Crippen molar-refractivity contribution in [3.63, 3.8) is 0 Å². The number of benzene rings is 2. The Bertz CT molecular complexity index is 937. The van der Waals surface area contributed by atoms with E-state index in [1.165, 1.54) is 0 Å². The minimum Gasteiger partial charge on any atom is -0.348 e. The molecule has 4 rings (SSSR count). The highest BCUT2D eigenvalue weighted by atomic mass is 16.5. The summed E-state index contributed by atoms with van der Waals surface area (Å²) in [6.45, 7) is 2.76. The lowest BCUT2D eigenvalue weighted by atomic mass is 10.1. The molecule has 6 nitrogen and oxygen atoms in total. The van der Waals surface area contributed by atoms with Gasteiger partial charge in [0.2, 0.25) is 5.89 Å². The molecule has 2 atom stereocenters. The number of likely N-dealkylation sites (N-methyl/N-ethyl adjacent to an activating group) is 1. The van der Waals surface area contributed by atoms with E-state index in [-0.39, 0.29) is 18.0 Å². The third kappa shape index (κ3) is 4.12. The summed E-state index contributed by atoms with van der Waals surface area (Å²) in [6, 6.07) is 17.8. The molecule has 144 valence electrons. The zero-order chi connectivity index (χ0) is 19.5. The fourth-order valence-electron chi connectivity index (χ4n) is 3.62. The third-order valence-corrected chi connectivity index (χ3v) is 5.17. The molecule has 1 N–H and O–H groups in total. The van der Waals surface area contributed by atoms with Crippen LogP contribution in [-0.2, 0) is 6.42 Å². The monoisotopic (exact) mass is 376 g/mol. The fraction of sp³-hybridized carbons (Fsp3) is 0.318. The molecular weight excluding hydrogens is 352 g/mol. The van der Waals surface area contributed by atoms with Crippen molar-refractivity contribution in [1.29, 1.82) is 0 Å². The normalized spacial score (nSPS) is 19.6. The molecule has 1 saturated heterocycles. The second-order valence-corrected chi connectivity index (χ2v) is 7.44. The highest BCUT2D eigenvalue weighted by Crippen LogP contribution is 2.30. The van der Waals surface area contributed by atoms with Crippen LogP contribution in [0.25, 0.3) is 0 Å². The lowest BCUT2D eigenvalue weighted by Gasteiger charge is -2.14. The predicted octanol–water partition coefficient (Wildman–Crippen LogP) is 3.14. The summed E-state index contributed by atoms with van der Waals surface area (Å²) in [5.74, 6) is 1.25. The summed E-state index contributed by atoms with van der Waals surface area (Å²) in [7, 11) is 2.02. The van der Waals surface area contributed by atoms with Gasteiger partial charge in [0, 0.05) is 24.6 Å². The number of nitrogens with one attached hydrogen (secondary N) is 1. The van der Waals surface area contributed by atoms with Crippen molar-refractivity contribution < 1.29 is 9.32 Å². The molecule has 1 fully saturated rings. The van der Waals surface area contributed by atoms with Crippen molar-refractivity contribution in [2.75, 3.05) is 13.6 Å². The van der Waals surface area contributed by atoms with E-state index in [0.717, 1.165) is 24.1 Å². The van der Waals surface area contributed by atoms with Crippen molar-refractivity contribution in [2.45, 2.75) is 31.8 Å². The number of aryl methyl sites for hydroxylation is 1. The molecule has 0 aliphatic carbocycles.